The van der Waals surface area contributed by atoms with Gasteiger partial charge in [-0.2, -0.15) is 10.1 Å². The lowest BCUT2D eigenvalue weighted by Gasteiger charge is -2.17. The van der Waals surface area contributed by atoms with Gasteiger partial charge in [-0.3, -0.25) is 9.48 Å². The zero-order valence-corrected chi connectivity index (χ0v) is 15.2. The Bertz CT molecular complexity index is 740. The number of primary amides is 1. The second-order valence-corrected chi connectivity index (χ2v) is 6.89. The molecule has 0 radical (unpaired) electrons. The number of carbonyl (C=O) groups excluding carboxylic acids is 1. The monoisotopic (exact) mass is 363 g/mol. The predicted molar refractivity (Wildman–Crippen MR) is 97.0 cm³/mol. The Morgan fingerprint density at radius 1 is 1.38 bits per heavy atom. The van der Waals surface area contributed by atoms with E-state index in [9.17, 15) is 4.79 Å². The van der Waals surface area contributed by atoms with Crippen molar-refractivity contribution in [3.8, 4) is 0 Å². The van der Waals surface area contributed by atoms with Gasteiger partial charge in [0.2, 0.25) is 5.95 Å². The molecule has 5 N–H and O–H groups in total. The molecule has 0 aromatic carbocycles. The maximum atomic E-state index is 11.5. The molecule has 0 saturated heterocycles. The Morgan fingerprint density at radius 3 is 2.81 bits per heavy atom. The summed E-state index contributed by atoms with van der Waals surface area (Å²) in [4.78, 5) is 19.9. The summed E-state index contributed by atoms with van der Waals surface area (Å²) < 4.78 is 6.96. The van der Waals surface area contributed by atoms with E-state index in [0.29, 0.717) is 0 Å². The molecule has 0 bridgehead atoms. The van der Waals surface area contributed by atoms with Crippen LogP contribution in [0.3, 0.4) is 0 Å². The van der Waals surface area contributed by atoms with Gasteiger partial charge in [0.25, 0.3) is 5.91 Å². The van der Waals surface area contributed by atoms with Gasteiger partial charge in [-0.15, -0.1) is 0 Å². The number of aromatic nitrogens is 4. The highest BCUT2D eigenvalue weighted by atomic mass is 16.5. The van der Waals surface area contributed by atoms with E-state index in [1.54, 1.807) is 6.20 Å². The van der Waals surface area contributed by atoms with Crippen molar-refractivity contribution in [3.05, 3.63) is 24.2 Å². The highest BCUT2D eigenvalue weighted by Gasteiger charge is 2.14. The molecule has 0 spiro atoms. The number of carbonyl (C=O) groups is 1. The standard InChI is InChI=1S/C16H25N7O3/c1-16(2,3)9-23-8-11(6-20-23)21-15-18-7-12(13(17)25)14(22-15)19-10-26-5-4-24/h6-8,24H,4-5,9-10H2,1-3H3,(H2,17,25)(H2,18,19,21,22). The summed E-state index contributed by atoms with van der Waals surface area (Å²) in [5.41, 5.74) is 6.31. The first-order valence-electron chi connectivity index (χ1n) is 8.17. The summed E-state index contributed by atoms with van der Waals surface area (Å²) in [7, 11) is 0. The first kappa shape index (κ1) is 19.6. The molecule has 0 saturated carbocycles. The molecular formula is C16H25N7O3. The first-order chi connectivity index (χ1) is 12.3. The highest BCUT2D eigenvalue weighted by Crippen LogP contribution is 2.19. The summed E-state index contributed by atoms with van der Waals surface area (Å²) in [5, 5.41) is 18.9. The number of aliphatic hydroxyl groups is 1. The molecule has 2 aromatic rings. The predicted octanol–water partition coefficient (Wildman–Crippen LogP) is 0.940. The Hall–Kier alpha value is -2.72. The summed E-state index contributed by atoms with van der Waals surface area (Å²) in [6, 6.07) is 0. The molecule has 0 unspecified atom stereocenters. The summed E-state index contributed by atoms with van der Waals surface area (Å²) in [6.07, 6.45) is 4.87. The quantitative estimate of drug-likeness (QED) is 0.381. The number of hydrogen-bond donors (Lipinski definition) is 4. The lowest BCUT2D eigenvalue weighted by Crippen LogP contribution is -2.18. The van der Waals surface area contributed by atoms with Crippen molar-refractivity contribution >= 4 is 23.4 Å². The zero-order chi connectivity index (χ0) is 19.2. The molecule has 1 amide bonds. The number of aliphatic hydroxyl groups excluding tert-OH is 1. The molecular weight excluding hydrogens is 338 g/mol. The van der Waals surface area contributed by atoms with Crippen molar-refractivity contribution < 1.29 is 14.6 Å². The molecule has 0 aliphatic carbocycles. The van der Waals surface area contributed by atoms with Gasteiger partial charge in [-0.25, -0.2) is 4.98 Å². The van der Waals surface area contributed by atoms with E-state index in [-0.39, 0.29) is 42.7 Å². The number of nitrogens with two attached hydrogens (primary N) is 1. The third kappa shape index (κ3) is 5.97. The van der Waals surface area contributed by atoms with Crippen molar-refractivity contribution in [1.82, 2.24) is 19.7 Å². The van der Waals surface area contributed by atoms with Crippen molar-refractivity contribution in [2.75, 3.05) is 30.6 Å². The van der Waals surface area contributed by atoms with Crippen LogP contribution in [0.4, 0.5) is 17.5 Å². The number of rotatable bonds is 9. The van der Waals surface area contributed by atoms with Crippen LogP contribution in [0.25, 0.3) is 0 Å². The highest BCUT2D eigenvalue weighted by molar-refractivity contribution is 5.97. The van der Waals surface area contributed by atoms with Crippen molar-refractivity contribution in [2.24, 2.45) is 11.1 Å². The summed E-state index contributed by atoms with van der Waals surface area (Å²) in [5.74, 6) is -0.121. The van der Waals surface area contributed by atoms with E-state index in [2.05, 4.69) is 46.5 Å². The number of ether oxygens (including phenoxy) is 1. The largest absolute Gasteiger partial charge is 0.394 e. The van der Waals surface area contributed by atoms with E-state index in [1.165, 1.54) is 6.20 Å². The number of amides is 1. The SMILES string of the molecule is CC(C)(C)Cn1cc(Nc2ncc(C(N)=O)c(NCOCCO)n2)cn1. The van der Waals surface area contributed by atoms with E-state index < -0.39 is 5.91 Å². The van der Waals surface area contributed by atoms with Crippen LogP contribution in [-0.2, 0) is 11.3 Å². The summed E-state index contributed by atoms with van der Waals surface area (Å²) in [6.45, 7) is 7.30. The summed E-state index contributed by atoms with van der Waals surface area (Å²) >= 11 is 0. The van der Waals surface area contributed by atoms with Gasteiger partial charge >= 0.3 is 0 Å². The van der Waals surface area contributed by atoms with Gasteiger partial charge in [-0.05, 0) is 5.41 Å². The van der Waals surface area contributed by atoms with Crippen LogP contribution in [0, 0.1) is 5.41 Å². The minimum absolute atomic E-state index is 0.0702. The van der Waals surface area contributed by atoms with Crippen molar-refractivity contribution in [3.63, 3.8) is 0 Å². The molecule has 0 aliphatic rings. The maximum Gasteiger partial charge on any atom is 0.254 e. The van der Waals surface area contributed by atoms with Crippen LogP contribution in [0.2, 0.25) is 0 Å². The van der Waals surface area contributed by atoms with E-state index in [0.717, 1.165) is 12.2 Å². The average Bonchev–Trinajstić information content (AvgIpc) is 2.96. The van der Waals surface area contributed by atoms with Gasteiger partial charge in [-0.1, -0.05) is 20.8 Å². The maximum absolute atomic E-state index is 11.5. The van der Waals surface area contributed by atoms with Gasteiger partial charge in [0.05, 0.1) is 30.7 Å². The number of nitrogens with zero attached hydrogens (tertiary/aromatic N) is 4. The third-order valence-electron chi connectivity index (χ3n) is 3.16. The second kappa shape index (κ2) is 8.59. The number of nitrogens with one attached hydrogen (secondary N) is 2. The molecule has 26 heavy (non-hydrogen) atoms. The lowest BCUT2D eigenvalue weighted by atomic mass is 9.97. The molecule has 2 rings (SSSR count). The second-order valence-electron chi connectivity index (χ2n) is 6.89. The van der Waals surface area contributed by atoms with Crippen molar-refractivity contribution in [2.45, 2.75) is 27.3 Å². The van der Waals surface area contributed by atoms with Crippen LogP contribution in [-0.4, -0.2) is 50.7 Å². The molecule has 10 nitrogen and oxygen atoms in total. The van der Waals surface area contributed by atoms with Gasteiger partial charge in [0.15, 0.2) is 0 Å². The molecule has 2 heterocycles. The van der Waals surface area contributed by atoms with Gasteiger partial charge in [0.1, 0.15) is 12.5 Å². The smallest absolute Gasteiger partial charge is 0.254 e. The molecule has 2 aromatic heterocycles. The molecule has 0 aliphatic heterocycles. The Balaban J connectivity index is 2.10. The third-order valence-corrected chi connectivity index (χ3v) is 3.16. The van der Waals surface area contributed by atoms with Crippen LogP contribution in [0.5, 0.6) is 0 Å². The average molecular weight is 363 g/mol. The Kier molecular flexibility index (Phi) is 6.47. The van der Waals surface area contributed by atoms with Gasteiger partial charge in [0, 0.05) is 18.9 Å². The lowest BCUT2D eigenvalue weighted by molar-refractivity contribution is 0.0996. The Labute approximate surface area is 151 Å². The van der Waals surface area contributed by atoms with Crippen LogP contribution in [0.1, 0.15) is 31.1 Å². The van der Waals surface area contributed by atoms with E-state index in [4.69, 9.17) is 15.6 Å². The topological polar surface area (TPSA) is 140 Å². The van der Waals surface area contributed by atoms with Crippen LogP contribution < -0.4 is 16.4 Å². The zero-order valence-electron chi connectivity index (χ0n) is 15.2. The van der Waals surface area contributed by atoms with E-state index in [1.807, 2.05) is 10.9 Å². The van der Waals surface area contributed by atoms with E-state index >= 15 is 0 Å². The number of anilines is 3. The normalized spacial score (nSPS) is 11.4. The van der Waals surface area contributed by atoms with Gasteiger partial charge < -0.3 is 26.2 Å². The first-order valence-corrected chi connectivity index (χ1v) is 8.17. The molecule has 0 atom stereocenters. The molecule has 0 fully saturated rings. The molecule has 142 valence electrons. The van der Waals surface area contributed by atoms with Crippen LogP contribution >= 0.6 is 0 Å². The van der Waals surface area contributed by atoms with Crippen molar-refractivity contribution in [1.29, 1.82) is 0 Å². The number of hydrogen-bond acceptors (Lipinski definition) is 8. The minimum Gasteiger partial charge on any atom is -0.394 e. The molecule has 10 heteroatoms. The Morgan fingerprint density at radius 2 is 2.15 bits per heavy atom. The fourth-order valence-corrected chi connectivity index (χ4v) is 2.14. The fraction of sp³-hybridized carbons (Fsp3) is 0.500. The fourth-order valence-electron chi connectivity index (χ4n) is 2.14. The van der Waals surface area contributed by atoms with Crippen LogP contribution in [0.15, 0.2) is 18.6 Å². The minimum atomic E-state index is -0.654.